The molecule has 20 heavy (non-hydrogen) atoms. The van der Waals surface area contributed by atoms with Crippen molar-refractivity contribution < 1.29 is 0 Å². The van der Waals surface area contributed by atoms with Crippen LogP contribution in [-0.4, -0.2) is 4.98 Å². The Hall–Kier alpha value is -2.38. The Labute approximate surface area is 125 Å². The van der Waals surface area contributed by atoms with Crippen LogP contribution in [0.15, 0.2) is 59.3 Å². The molecule has 0 radical (unpaired) electrons. The molecule has 0 saturated heterocycles. The number of nitrogens with one attached hydrogen (secondary N) is 1. The predicted molar refractivity (Wildman–Crippen MR) is 83.9 cm³/mol. The van der Waals surface area contributed by atoms with Crippen LogP contribution < -0.4 is 5.32 Å². The maximum Gasteiger partial charge on any atom is 0.0992 e. The quantitative estimate of drug-likeness (QED) is 0.749. The van der Waals surface area contributed by atoms with Gasteiger partial charge in [0.15, 0.2) is 0 Å². The van der Waals surface area contributed by atoms with Crippen molar-refractivity contribution in [2.75, 3.05) is 5.32 Å². The van der Waals surface area contributed by atoms with Crippen molar-refractivity contribution >= 4 is 38.1 Å². The van der Waals surface area contributed by atoms with Crippen LogP contribution >= 0.6 is 15.9 Å². The molecule has 0 unspecified atom stereocenters. The highest BCUT2D eigenvalue weighted by atomic mass is 79.9. The minimum absolute atomic E-state index is 0.629. The maximum atomic E-state index is 8.89. The van der Waals surface area contributed by atoms with Gasteiger partial charge in [-0.25, -0.2) is 0 Å². The topological polar surface area (TPSA) is 48.7 Å². The molecule has 0 aliphatic carbocycles. The van der Waals surface area contributed by atoms with Crippen molar-refractivity contribution in [2.24, 2.45) is 0 Å². The van der Waals surface area contributed by atoms with E-state index in [0.717, 1.165) is 26.6 Å². The molecule has 0 bridgehead atoms. The number of benzene rings is 2. The molecule has 4 heteroatoms. The van der Waals surface area contributed by atoms with E-state index >= 15 is 0 Å². The second-order valence-electron chi connectivity index (χ2n) is 4.33. The number of fused-ring (bicyclic) bond motifs is 1. The van der Waals surface area contributed by atoms with Gasteiger partial charge >= 0.3 is 0 Å². The summed E-state index contributed by atoms with van der Waals surface area (Å²) in [7, 11) is 0. The normalized spacial score (nSPS) is 10.2. The van der Waals surface area contributed by atoms with Crippen molar-refractivity contribution in [3.63, 3.8) is 0 Å². The zero-order valence-corrected chi connectivity index (χ0v) is 12.1. The van der Waals surface area contributed by atoms with Gasteiger partial charge in [0, 0.05) is 33.3 Å². The number of halogens is 1. The molecular weight excluding hydrogens is 314 g/mol. The van der Waals surface area contributed by atoms with Crippen LogP contribution in [0.5, 0.6) is 0 Å². The maximum absolute atomic E-state index is 8.89. The van der Waals surface area contributed by atoms with E-state index in [0.29, 0.717) is 5.56 Å². The molecule has 0 aliphatic rings. The first-order valence-corrected chi connectivity index (χ1v) is 6.86. The van der Waals surface area contributed by atoms with Gasteiger partial charge in [-0.15, -0.1) is 0 Å². The first kappa shape index (κ1) is 12.6. The minimum Gasteiger partial charge on any atom is -0.354 e. The molecule has 3 rings (SSSR count). The lowest BCUT2D eigenvalue weighted by molar-refractivity contribution is 1.36. The molecule has 0 saturated carbocycles. The average molecular weight is 324 g/mol. The smallest absolute Gasteiger partial charge is 0.0992 e. The Morgan fingerprint density at radius 1 is 1.10 bits per heavy atom. The van der Waals surface area contributed by atoms with Gasteiger partial charge in [0.05, 0.1) is 17.3 Å². The zero-order valence-electron chi connectivity index (χ0n) is 10.5. The summed E-state index contributed by atoms with van der Waals surface area (Å²) in [6.45, 7) is 0. The third kappa shape index (κ3) is 2.36. The number of pyridine rings is 1. The van der Waals surface area contributed by atoms with E-state index in [2.05, 4.69) is 32.3 Å². The molecule has 0 spiro atoms. The molecule has 1 heterocycles. The average Bonchev–Trinajstić information content (AvgIpc) is 2.49. The molecule has 1 aromatic heterocycles. The van der Waals surface area contributed by atoms with Crippen molar-refractivity contribution in [2.45, 2.75) is 0 Å². The summed E-state index contributed by atoms with van der Waals surface area (Å²) in [6.07, 6.45) is 3.62. The van der Waals surface area contributed by atoms with Gasteiger partial charge in [-0.2, -0.15) is 5.26 Å². The van der Waals surface area contributed by atoms with Gasteiger partial charge in [0.2, 0.25) is 0 Å². The van der Waals surface area contributed by atoms with Crippen LogP contribution in [0.4, 0.5) is 11.4 Å². The number of anilines is 2. The summed E-state index contributed by atoms with van der Waals surface area (Å²) in [5.74, 6) is 0. The summed E-state index contributed by atoms with van der Waals surface area (Å²) in [6, 6.07) is 15.6. The third-order valence-corrected chi connectivity index (χ3v) is 3.70. The second kappa shape index (κ2) is 5.32. The fourth-order valence-corrected chi connectivity index (χ4v) is 2.54. The molecular formula is C16H10BrN3. The molecule has 0 amide bonds. The molecule has 3 nitrogen and oxygen atoms in total. The Morgan fingerprint density at radius 3 is 2.80 bits per heavy atom. The highest BCUT2D eigenvalue weighted by Gasteiger charge is 2.04. The van der Waals surface area contributed by atoms with E-state index in [-0.39, 0.29) is 0 Å². The predicted octanol–water partition coefficient (Wildman–Crippen LogP) is 4.61. The van der Waals surface area contributed by atoms with E-state index in [1.807, 2.05) is 36.5 Å². The molecule has 0 fully saturated rings. The molecule has 96 valence electrons. The molecule has 0 aliphatic heterocycles. The largest absolute Gasteiger partial charge is 0.354 e. The number of rotatable bonds is 2. The lowest BCUT2D eigenvalue weighted by Gasteiger charge is -2.11. The van der Waals surface area contributed by atoms with Gasteiger partial charge < -0.3 is 5.32 Å². The Balaban J connectivity index is 2.04. The van der Waals surface area contributed by atoms with Crippen LogP contribution in [-0.2, 0) is 0 Å². The summed E-state index contributed by atoms with van der Waals surface area (Å²) in [5, 5.41) is 14.5. The van der Waals surface area contributed by atoms with E-state index in [1.165, 1.54) is 0 Å². The number of nitrogens with zero attached hydrogens (tertiary/aromatic N) is 2. The van der Waals surface area contributed by atoms with Gasteiger partial charge in [-0.05, 0) is 46.3 Å². The van der Waals surface area contributed by atoms with Crippen molar-refractivity contribution in [3.8, 4) is 6.07 Å². The Morgan fingerprint density at radius 2 is 2.00 bits per heavy atom. The molecule has 2 aromatic carbocycles. The zero-order chi connectivity index (χ0) is 13.9. The Bertz CT molecular complexity index is 816. The van der Waals surface area contributed by atoms with Crippen LogP contribution in [0.3, 0.4) is 0 Å². The fraction of sp³-hybridized carbons (Fsp3) is 0. The highest BCUT2D eigenvalue weighted by Crippen LogP contribution is 2.30. The number of nitriles is 1. The number of hydrogen-bond donors (Lipinski definition) is 1. The van der Waals surface area contributed by atoms with Crippen LogP contribution in [0, 0.1) is 11.3 Å². The van der Waals surface area contributed by atoms with Crippen LogP contribution in [0.1, 0.15) is 5.56 Å². The van der Waals surface area contributed by atoms with Gasteiger partial charge in [0.1, 0.15) is 0 Å². The summed E-state index contributed by atoms with van der Waals surface area (Å²) in [5.41, 5.74) is 2.56. The summed E-state index contributed by atoms with van der Waals surface area (Å²) < 4.78 is 0.864. The fourth-order valence-electron chi connectivity index (χ4n) is 2.06. The van der Waals surface area contributed by atoms with Crippen molar-refractivity contribution in [1.29, 1.82) is 5.26 Å². The summed E-state index contributed by atoms with van der Waals surface area (Å²) in [4.78, 5) is 4.13. The summed E-state index contributed by atoms with van der Waals surface area (Å²) >= 11 is 3.48. The monoisotopic (exact) mass is 323 g/mol. The van der Waals surface area contributed by atoms with E-state index in [1.54, 1.807) is 18.3 Å². The molecule has 1 N–H and O–H groups in total. The van der Waals surface area contributed by atoms with Crippen molar-refractivity contribution in [1.82, 2.24) is 4.98 Å². The van der Waals surface area contributed by atoms with E-state index < -0.39 is 0 Å². The van der Waals surface area contributed by atoms with Crippen LogP contribution in [0.2, 0.25) is 0 Å². The van der Waals surface area contributed by atoms with E-state index in [9.17, 15) is 0 Å². The second-order valence-corrected chi connectivity index (χ2v) is 5.19. The third-order valence-electron chi connectivity index (χ3n) is 3.05. The first-order valence-electron chi connectivity index (χ1n) is 6.07. The van der Waals surface area contributed by atoms with E-state index in [4.69, 9.17) is 5.26 Å². The standard InChI is InChI=1S/C16H10BrN3/c17-14-8-11(9-18)4-5-16(14)20-15-3-1-2-12-10-19-7-6-13(12)15/h1-8,10,20H. The SMILES string of the molecule is N#Cc1ccc(Nc2cccc3cnccc23)c(Br)c1. The van der Waals surface area contributed by atoms with Crippen LogP contribution in [0.25, 0.3) is 10.8 Å². The lowest BCUT2D eigenvalue weighted by Crippen LogP contribution is -1.93. The van der Waals surface area contributed by atoms with Gasteiger partial charge in [0.25, 0.3) is 0 Å². The minimum atomic E-state index is 0.629. The van der Waals surface area contributed by atoms with Crippen molar-refractivity contribution in [3.05, 3.63) is 64.9 Å². The first-order chi connectivity index (χ1) is 9.78. The highest BCUT2D eigenvalue weighted by molar-refractivity contribution is 9.10. The molecule has 0 atom stereocenters. The molecule has 3 aromatic rings. The number of aromatic nitrogens is 1. The van der Waals surface area contributed by atoms with Gasteiger partial charge in [-0.1, -0.05) is 12.1 Å². The number of hydrogen-bond acceptors (Lipinski definition) is 3. The van der Waals surface area contributed by atoms with Gasteiger partial charge in [-0.3, -0.25) is 4.98 Å². The Kier molecular flexibility index (Phi) is 3.36. The lowest BCUT2D eigenvalue weighted by atomic mass is 10.1.